The lowest BCUT2D eigenvalue weighted by atomic mass is 9.74. The number of rotatable bonds is 4. The first-order valence-electron chi connectivity index (χ1n) is 13.8. The molecule has 0 amide bonds. The van der Waals surface area contributed by atoms with Gasteiger partial charge in [-0.15, -0.1) is 0 Å². The molecule has 0 bridgehead atoms. The first-order valence-corrected chi connectivity index (χ1v) is 13.8. The summed E-state index contributed by atoms with van der Waals surface area (Å²) in [6.07, 6.45) is 4.74. The van der Waals surface area contributed by atoms with Crippen LogP contribution in [0.2, 0.25) is 0 Å². The summed E-state index contributed by atoms with van der Waals surface area (Å²) < 4.78 is 0. The molecule has 2 saturated heterocycles. The molecule has 3 aliphatic rings. The Bertz CT molecular complexity index is 1510. The zero-order valence-electron chi connectivity index (χ0n) is 21.9. The molecule has 2 aliphatic heterocycles. The van der Waals surface area contributed by atoms with Crippen molar-refractivity contribution in [1.82, 2.24) is 20.2 Å². The molecule has 0 radical (unpaired) electrons. The van der Waals surface area contributed by atoms with Crippen LogP contribution in [0.25, 0.3) is 22.2 Å². The molecule has 7 rings (SSSR count). The molecule has 38 heavy (non-hydrogen) atoms. The molecule has 7 heteroatoms. The third kappa shape index (κ3) is 4.06. The third-order valence-electron chi connectivity index (χ3n) is 8.79. The number of hydrogen-bond donors (Lipinski definition) is 3. The van der Waals surface area contributed by atoms with Gasteiger partial charge >= 0.3 is 0 Å². The van der Waals surface area contributed by atoms with Crippen LogP contribution in [0, 0.1) is 0 Å². The van der Waals surface area contributed by atoms with Crippen molar-refractivity contribution in [3.05, 3.63) is 71.9 Å². The second-order valence-electron chi connectivity index (χ2n) is 11.2. The van der Waals surface area contributed by atoms with Gasteiger partial charge in [0.05, 0.1) is 0 Å². The molecule has 1 aliphatic carbocycles. The van der Waals surface area contributed by atoms with Crippen LogP contribution in [-0.4, -0.2) is 67.0 Å². The maximum absolute atomic E-state index is 12.8. The van der Waals surface area contributed by atoms with E-state index in [0.717, 1.165) is 91.3 Å². The number of aromatic nitrogens is 2. The van der Waals surface area contributed by atoms with E-state index in [4.69, 9.17) is 4.98 Å². The van der Waals surface area contributed by atoms with E-state index in [1.54, 1.807) is 0 Å². The number of ketones is 1. The van der Waals surface area contributed by atoms with Crippen molar-refractivity contribution in [2.24, 2.45) is 0 Å². The number of nitrogens with one attached hydrogen (secondary N) is 3. The van der Waals surface area contributed by atoms with Gasteiger partial charge < -0.3 is 25.4 Å². The van der Waals surface area contributed by atoms with E-state index in [9.17, 15) is 4.79 Å². The van der Waals surface area contributed by atoms with Crippen molar-refractivity contribution in [1.29, 1.82) is 0 Å². The Balaban J connectivity index is 1.15. The summed E-state index contributed by atoms with van der Waals surface area (Å²) in [5.74, 6) is 1.11. The van der Waals surface area contributed by atoms with Gasteiger partial charge in [-0.2, -0.15) is 0 Å². The summed E-state index contributed by atoms with van der Waals surface area (Å²) >= 11 is 0. The van der Waals surface area contributed by atoms with Gasteiger partial charge in [-0.3, -0.25) is 4.79 Å². The number of pyridine rings is 1. The van der Waals surface area contributed by atoms with Crippen molar-refractivity contribution in [3.63, 3.8) is 0 Å². The Morgan fingerprint density at radius 2 is 1.79 bits per heavy atom. The number of likely N-dealkylation sites (N-methyl/N-ethyl adjacent to an activating group) is 1. The summed E-state index contributed by atoms with van der Waals surface area (Å²) in [6, 6.07) is 19.2. The molecule has 0 unspecified atom stereocenters. The number of carbonyl (C=O) groups is 1. The van der Waals surface area contributed by atoms with Gasteiger partial charge in [-0.25, -0.2) is 4.98 Å². The predicted molar refractivity (Wildman–Crippen MR) is 154 cm³/mol. The summed E-state index contributed by atoms with van der Waals surface area (Å²) in [7, 11) is 2.18. The first-order chi connectivity index (χ1) is 18.6. The van der Waals surface area contributed by atoms with E-state index >= 15 is 0 Å². The number of piperidine rings is 1. The van der Waals surface area contributed by atoms with E-state index in [1.807, 2.05) is 18.3 Å². The fourth-order valence-electron chi connectivity index (χ4n) is 6.55. The van der Waals surface area contributed by atoms with E-state index in [-0.39, 0.29) is 5.41 Å². The SMILES string of the molecule is CN1CCN(c2cccc(Nc3ccc4c(-c5ccc6c(c5)C5(CCNCC5)CC6=O)c[nH]c4n3)c2)CC1. The van der Waals surface area contributed by atoms with E-state index < -0.39 is 0 Å². The summed E-state index contributed by atoms with van der Waals surface area (Å²) in [5, 5.41) is 8.04. The topological polar surface area (TPSA) is 76.3 Å². The zero-order chi connectivity index (χ0) is 25.7. The second kappa shape index (κ2) is 9.26. The number of H-pyrrole nitrogens is 1. The monoisotopic (exact) mass is 506 g/mol. The molecule has 4 aromatic rings. The van der Waals surface area contributed by atoms with Crippen molar-refractivity contribution < 1.29 is 4.79 Å². The van der Waals surface area contributed by atoms with Crippen molar-refractivity contribution >= 4 is 34.0 Å². The van der Waals surface area contributed by atoms with Gasteiger partial charge in [0.1, 0.15) is 11.5 Å². The molecular weight excluding hydrogens is 472 g/mol. The molecular formula is C31H34N6O. The number of Topliss-reactive ketones (excluding diaryl/α,β-unsaturated/α-hetero) is 1. The Labute approximate surface area is 223 Å². The fraction of sp³-hybridized carbons (Fsp3) is 0.355. The highest BCUT2D eigenvalue weighted by atomic mass is 16.1. The lowest BCUT2D eigenvalue weighted by molar-refractivity contribution is 0.0964. The molecule has 3 N–H and O–H groups in total. The Kier molecular flexibility index (Phi) is 5.71. The number of anilines is 3. The van der Waals surface area contributed by atoms with Gasteiger partial charge in [-0.05, 0) is 80.5 Å². The number of nitrogens with zero attached hydrogens (tertiary/aromatic N) is 3. The quantitative estimate of drug-likeness (QED) is 0.364. The lowest BCUT2D eigenvalue weighted by Gasteiger charge is -2.34. The minimum atomic E-state index is -0.00617. The van der Waals surface area contributed by atoms with Crippen LogP contribution in [-0.2, 0) is 5.41 Å². The highest BCUT2D eigenvalue weighted by Gasteiger charge is 2.43. The van der Waals surface area contributed by atoms with Gasteiger partial charge in [0.15, 0.2) is 5.78 Å². The van der Waals surface area contributed by atoms with Crippen LogP contribution in [0.15, 0.2) is 60.8 Å². The summed E-state index contributed by atoms with van der Waals surface area (Å²) in [6.45, 7) is 6.21. The molecule has 0 atom stereocenters. The minimum absolute atomic E-state index is 0.00617. The van der Waals surface area contributed by atoms with Gasteiger partial charge in [-0.1, -0.05) is 18.2 Å². The predicted octanol–water partition coefficient (Wildman–Crippen LogP) is 4.93. The van der Waals surface area contributed by atoms with Crippen molar-refractivity contribution in [2.45, 2.75) is 24.7 Å². The van der Waals surface area contributed by atoms with Gasteiger partial charge in [0.25, 0.3) is 0 Å². The Morgan fingerprint density at radius 1 is 0.947 bits per heavy atom. The molecule has 2 aromatic heterocycles. The summed E-state index contributed by atoms with van der Waals surface area (Å²) in [5.41, 5.74) is 7.55. The first kappa shape index (κ1) is 23.4. The maximum atomic E-state index is 12.8. The lowest BCUT2D eigenvalue weighted by Crippen LogP contribution is -2.44. The smallest absolute Gasteiger partial charge is 0.164 e. The standard InChI is InChI=1S/C31H34N6O/c1-36-13-15-37(16-14-36)23-4-2-3-22(18-23)34-29-8-7-24-26(20-33-30(24)35-29)21-5-6-25-27(17-21)31(19-28(25)38)9-11-32-12-10-31/h2-8,17-18,20,32H,9-16,19H2,1H3,(H2,33,34,35). The van der Waals surface area contributed by atoms with Crippen LogP contribution >= 0.6 is 0 Å². The molecule has 194 valence electrons. The molecule has 1 spiro atoms. The highest BCUT2D eigenvalue weighted by Crippen LogP contribution is 2.46. The number of hydrogen-bond acceptors (Lipinski definition) is 6. The average Bonchev–Trinajstić information content (AvgIpc) is 3.48. The van der Waals surface area contributed by atoms with Crippen molar-refractivity contribution in [3.8, 4) is 11.1 Å². The number of piperazine rings is 1. The van der Waals surface area contributed by atoms with Gasteiger partial charge in [0.2, 0.25) is 0 Å². The van der Waals surface area contributed by atoms with Crippen LogP contribution in [0.3, 0.4) is 0 Å². The van der Waals surface area contributed by atoms with Gasteiger partial charge in [0, 0.05) is 72.1 Å². The van der Waals surface area contributed by atoms with Crippen LogP contribution < -0.4 is 15.5 Å². The Hall–Kier alpha value is -3.68. The number of fused-ring (bicyclic) bond motifs is 3. The second-order valence-corrected chi connectivity index (χ2v) is 11.2. The Morgan fingerprint density at radius 3 is 2.63 bits per heavy atom. The minimum Gasteiger partial charge on any atom is -0.369 e. The number of carbonyl (C=O) groups excluding carboxylic acids is 1. The zero-order valence-corrected chi connectivity index (χ0v) is 21.9. The average molecular weight is 507 g/mol. The number of benzene rings is 2. The highest BCUT2D eigenvalue weighted by molar-refractivity contribution is 6.03. The van der Waals surface area contributed by atoms with Crippen molar-refractivity contribution in [2.75, 3.05) is 56.5 Å². The molecule has 0 saturated carbocycles. The van der Waals surface area contributed by atoms with E-state index in [1.165, 1.54) is 11.3 Å². The molecule has 7 nitrogen and oxygen atoms in total. The third-order valence-corrected chi connectivity index (χ3v) is 8.79. The summed E-state index contributed by atoms with van der Waals surface area (Å²) in [4.78, 5) is 25.9. The normalized spacial score (nSPS) is 19.3. The van der Waals surface area contributed by atoms with E-state index in [0.29, 0.717) is 12.2 Å². The van der Waals surface area contributed by atoms with E-state index in [2.05, 4.69) is 74.9 Å². The number of aromatic amines is 1. The largest absolute Gasteiger partial charge is 0.369 e. The molecule has 2 aromatic carbocycles. The molecule has 2 fully saturated rings. The van der Waals surface area contributed by atoms with Crippen LogP contribution in [0.1, 0.15) is 35.2 Å². The van der Waals surface area contributed by atoms with Crippen LogP contribution in [0.4, 0.5) is 17.2 Å². The molecule has 4 heterocycles. The fourth-order valence-corrected chi connectivity index (χ4v) is 6.55. The maximum Gasteiger partial charge on any atom is 0.164 e. The van der Waals surface area contributed by atoms with Crippen LogP contribution in [0.5, 0.6) is 0 Å².